The van der Waals surface area contributed by atoms with Crippen LogP contribution in [0.15, 0.2) is 33.1 Å². The summed E-state index contributed by atoms with van der Waals surface area (Å²) in [5, 5.41) is 8.85. The summed E-state index contributed by atoms with van der Waals surface area (Å²) in [5.74, 6) is 0.479. The third-order valence-corrected chi connectivity index (χ3v) is 5.07. The van der Waals surface area contributed by atoms with E-state index in [1.165, 1.54) is 23.1 Å². The Morgan fingerprint density at radius 2 is 2.05 bits per heavy atom. The molecule has 1 aromatic heterocycles. The van der Waals surface area contributed by atoms with Crippen molar-refractivity contribution in [2.45, 2.75) is 17.8 Å². The van der Waals surface area contributed by atoms with Crippen molar-refractivity contribution < 1.29 is 4.79 Å². The fourth-order valence-corrected chi connectivity index (χ4v) is 3.54. The number of aryl methyl sites for hydroxylation is 1. The molecule has 0 aliphatic heterocycles. The molecule has 0 spiro atoms. The molecule has 106 valence electrons. The van der Waals surface area contributed by atoms with Crippen LogP contribution in [0, 0.1) is 6.92 Å². The fraction of sp³-hybridized carbons (Fsp3) is 0.308. The van der Waals surface area contributed by atoms with Crippen molar-refractivity contribution in [2.75, 3.05) is 12.8 Å². The molecule has 0 saturated heterocycles. The normalized spacial score (nSPS) is 10.6. The largest absolute Gasteiger partial charge is 0.341 e. The van der Waals surface area contributed by atoms with Gasteiger partial charge in [-0.3, -0.25) is 4.79 Å². The third-order valence-electron chi connectivity index (χ3n) is 2.59. The fourth-order valence-electron chi connectivity index (χ4n) is 1.52. The van der Waals surface area contributed by atoms with Gasteiger partial charge < -0.3 is 4.90 Å². The Labute approximate surface area is 134 Å². The molecule has 4 nitrogen and oxygen atoms in total. The van der Waals surface area contributed by atoms with Crippen molar-refractivity contribution in [3.8, 4) is 0 Å². The van der Waals surface area contributed by atoms with Crippen LogP contribution < -0.4 is 0 Å². The smallest absolute Gasteiger partial charge is 0.233 e. The number of nitrogens with zero attached hydrogens (tertiary/aromatic N) is 3. The molecule has 20 heavy (non-hydrogen) atoms. The molecule has 0 radical (unpaired) electrons. The van der Waals surface area contributed by atoms with E-state index in [0.29, 0.717) is 12.3 Å². The zero-order chi connectivity index (χ0) is 14.5. The Bertz CT molecular complexity index is 586. The first kappa shape index (κ1) is 15.5. The summed E-state index contributed by atoms with van der Waals surface area (Å²) in [6.07, 6.45) is 0. The summed E-state index contributed by atoms with van der Waals surface area (Å²) in [4.78, 5) is 13.8. The van der Waals surface area contributed by atoms with Crippen molar-refractivity contribution in [3.05, 3.63) is 39.3 Å². The van der Waals surface area contributed by atoms with Gasteiger partial charge in [0, 0.05) is 18.1 Å². The van der Waals surface area contributed by atoms with Gasteiger partial charge in [-0.25, -0.2) is 0 Å². The van der Waals surface area contributed by atoms with Gasteiger partial charge in [0.05, 0.1) is 5.75 Å². The maximum atomic E-state index is 12.0. The number of carbonyl (C=O) groups is 1. The molecule has 0 N–H and O–H groups in total. The first-order chi connectivity index (χ1) is 9.54. The Morgan fingerprint density at radius 1 is 1.35 bits per heavy atom. The highest BCUT2D eigenvalue weighted by atomic mass is 79.9. The van der Waals surface area contributed by atoms with E-state index >= 15 is 0 Å². The number of aromatic nitrogens is 2. The van der Waals surface area contributed by atoms with Crippen LogP contribution >= 0.6 is 39.0 Å². The number of amides is 1. The number of halogens is 1. The molecular weight excluding hydrogens is 358 g/mol. The zero-order valence-corrected chi connectivity index (χ0v) is 14.4. The topological polar surface area (TPSA) is 46.1 Å². The highest BCUT2D eigenvalue weighted by Gasteiger charge is 2.11. The van der Waals surface area contributed by atoms with Gasteiger partial charge >= 0.3 is 0 Å². The van der Waals surface area contributed by atoms with Crippen LogP contribution in [0.25, 0.3) is 0 Å². The van der Waals surface area contributed by atoms with Crippen molar-refractivity contribution in [3.63, 3.8) is 0 Å². The van der Waals surface area contributed by atoms with Crippen LogP contribution in [0.4, 0.5) is 0 Å². The molecule has 2 rings (SSSR count). The zero-order valence-electron chi connectivity index (χ0n) is 11.2. The molecule has 1 amide bonds. The minimum absolute atomic E-state index is 0.0887. The van der Waals surface area contributed by atoms with Crippen LogP contribution in [0.3, 0.4) is 0 Å². The first-order valence-corrected chi connectivity index (χ1v) is 8.55. The predicted octanol–water partition coefficient (Wildman–Crippen LogP) is 3.36. The average molecular weight is 372 g/mol. The second-order valence-corrected chi connectivity index (χ2v) is 7.57. The maximum Gasteiger partial charge on any atom is 0.233 e. The Kier molecular flexibility index (Phi) is 5.56. The molecule has 1 heterocycles. The van der Waals surface area contributed by atoms with E-state index < -0.39 is 0 Å². The van der Waals surface area contributed by atoms with Crippen LogP contribution in [-0.4, -0.2) is 33.8 Å². The van der Waals surface area contributed by atoms with Gasteiger partial charge in [0.25, 0.3) is 0 Å². The minimum atomic E-state index is 0.0887. The van der Waals surface area contributed by atoms with Crippen molar-refractivity contribution >= 4 is 44.9 Å². The molecular formula is C13H14BrN3OS2. The predicted molar refractivity (Wildman–Crippen MR) is 86.0 cm³/mol. The molecule has 1 aromatic carbocycles. The summed E-state index contributed by atoms with van der Waals surface area (Å²) in [6.45, 7) is 2.52. The SMILES string of the molecule is Cc1nnc(SCC(=O)N(C)Cc2ccc(Br)cc2)s1. The van der Waals surface area contributed by atoms with E-state index in [-0.39, 0.29) is 5.91 Å². The van der Waals surface area contributed by atoms with Crippen molar-refractivity contribution in [2.24, 2.45) is 0 Å². The lowest BCUT2D eigenvalue weighted by Gasteiger charge is -2.16. The summed E-state index contributed by atoms with van der Waals surface area (Å²) in [6, 6.07) is 7.98. The van der Waals surface area contributed by atoms with Crippen molar-refractivity contribution in [1.29, 1.82) is 0 Å². The van der Waals surface area contributed by atoms with Gasteiger partial charge in [0.15, 0.2) is 4.34 Å². The number of rotatable bonds is 5. The lowest BCUT2D eigenvalue weighted by Crippen LogP contribution is -2.27. The van der Waals surface area contributed by atoms with Gasteiger partial charge in [-0.1, -0.05) is 51.2 Å². The van der Waals surface area contributed by atoms with E-state index in [9.17, 15) is 4.79 Å². The molecule has 0 fully saturated rings. The molecule has 0 saturated carbocycles. The monoisotopic (exact) mass is 371 g/mol. The molecule has 7 heteroatoms. The molecule has 0 atom stereocenters. The van der Waals surface area contributed by atoms with Crippen LogP contribution in [0.1, 0.15) is 10.6 Å². The summed E-state index contributed by atoms with van der Waals surface area (Å²) in [7, 11) is 1.82. The Hall–Kier alpha value is -0.920. The van der Waals surface area contributed by atoms with E-state index in [1.54, 1.807) is 4.90 Å². The van der Waals surface area contributed by atoms with E-state index in [1.807, 2.05) is 38.2 Å². The Balaban J connectivity index is 1.84. The second kappa shape index (κ2) is 7.19. The number of hydrogen-bond donors (Lipinski definition) is 0. The number of hydrogen-bond acceptors (Lipinski definition) is 5. The molecule has 0 aliphatic carbocycles. The second-order valence-electron chi connectivity index (χ2n) is 4.25. The Morgan fingerprint density at radius 3 is 2.65 bits per heavy atom. The van der Waals surface area contributed by atoms with E-state index in [4.69, 9.17) is 0 Å². The maximum absolute atomic E-state index is 12.0. The average Bonchev–Trinajstić information content (AvgIpc) is 2.84. The van der Waals surface area contributed by atoms with Crippen LogP contribution in [0.5, 0.6) is 0 Å². The molecule has 2 aromatic rings. The summed E-state index contributed by atoms with van der Waals surface area (Å²) >= 11 is 6.35. The first-order valence-electron chi connectivity index (χ1n) is 5.96. The van der Waals surface area contributed by atoms with Gasteiger partial charge in [-0.05, 0) is 24.6 Å². The van der Waals surface area contributed by atoms with Crippen LogP contribution in [-0.2, 0) is 11.3 Å². The summed E-state index contributed by atoms with van der Waals surface area (Å²) in [5.41, 5.74) is 1.11. The van der Waals surface area contributed by atoms with E-state index in [0.717, 1.165) is 19.4 Å². The number of carbonyl (C=O) groups excluding carboxylic acids is 1. The van der Waals surface area contributed by atoms with E-state index in [2.05, 4.69) is 26.1 Å². The van der Waals surface area contributed by atoms with Crippen LogP contribution in [0.2, 0.25) is 0 Å². The minimum Gasteiger partial charge on any atom is -0.341 e. The number of benzene rings is 1. The standard InChI is InChI=1S/C13H14BrN3OS2/c1-9-15-16-13(20-9)19-8-12(18)17(2)7-10-3-5-11(14)6-4-10/h3-6H,7-8H2,1-2H3. The number of thioether (sulfide) groups is 1. The quantitative estimate of drug-likeness (QED) is 0.755. The summed E-state index contributed by atoms with van der Waals surface area (Å²) < 4.78 is 1.88. The highest BCUT2D eigenvalue weighted by molar-refractivity contribution is 9.10. The van der Waals surface area contributed by atoms with Gasteiger partial charge in [0.1, 0.15) is 5.01 Å². The molecule has 0 bridgehead atoms. The third kappa shape index (κ3) is 4.57. The lowest BCUT2D eigenvalue weighted by molar-refractivity contribution is -0.127. The van der Waals surface area contributed by atoms with Gasteiger partial charge in [-0.15, -0.1) is 10.2 Å². The van der Waals surface area contributed by atoms with Gasteiger partial charge in [0.2, 0.25) is 5.91 Å². The van der Waals surface area contributed by atoms with Crippen molar-refractivity contribution in [1.82, 2.24) is 15.1 Å². The lowest BCUT2D eigenvalue weighted by atomic mass is 10.2. The highest BCUT2D eigenvalue weighted by Crippen LogP contribution is 2.22. The molecule has 0 unspecified atom stereocenters. The molecule has 0 aliphatic rings. The van der Waals surface area contributed by atoms with Gasteiger partial charge in [-0.2, -0.15) is 0 Å².